The molecular weight excluding hydrogens is 228 g/mol. The molecule has 1 saturated carbocycles. The molecule has 0 unspecified atom stereocenters. The van der Waals surface area contributed by atoms with Crippen LogP contribution in [0.3, 0.4) is 0 Å². The summed E-state index contributed by atoms with van der Waals surface area (Å²) in [6.07, 6.45) is 7.66. The van der Waals surface area contributed by atoms with E-state index in [-0.39, 0.29) is 5.91 Å². The van der Waals surface area contributed by atoms with Crippen LogP contribution in [0.25, 0.3) is 0 Å². The summed E-state index contributed by atoms with van der Waals surface area (Å²) in [7, 11) is 0. The first-order valence-corrected chi connectivity index (χ1v) is 6.58. The van der Waals surface area contributed by atoms with Gasteiger partial charge in [-0.15, -0.1) is 11.7 Å². The van der Waals surface area contributed by atoms with E-state index in [1.165, 1.54) is 12.8 Å². The van der Waals surface area contributed by atoms with Crippen molar-refractivity contribution in [3.63, 3.8) is 0 Å². The van der Waals surface area contributed by atoms with Crippen LogP contribution in [0.1, 0.15) is 43.3 Å². The largest absolute Gasteiger partial charge is 0.338 e. The van der Waals surface area contributed by atoms with Gasteiger partial charge in [-0.25, -0.2) is 4.68 Å². The zero-order valence-electron chi connectivity index (χ0n) is 10.5. The predicted molar refractivity (Wildman–Crippen MR) is 67.0 cm³/mol. The molecule has 0 N–H and O–H groups in total. The molecule has 0 atom stereocenters. The van der Waals surface area contributed by atoms with Crippen molar-refractivity contribution in [3.05, 3.63) is 24.5 Å². The number of rotatable bonds is 5. The van der Waals surface area contributed by atoms with Crippen molar-refractivity contribution in [3.8, 4) is 0 Å². The van der Waals surface area contributed by atoms with Gasteiger partial charge in [0.1, 0.15) is 0 Å². The molecule has 2 heterocycles. The van der Waals surface area contributed by atoms with E-state index in [0.717, 1.165) is 25.2 Å². The zero-order chi connectivity index (χ0) is 12.5. The Kier molecular flexibility index (Phi) is 2.89. The minimum Gasteiger partial charge on any atom is -0.338 e. The van der Waals surface area contributed by atoms with Crippen molar-refractivity contribution >= 4 is 5.91 Å². The van der Waals surface area contributed by atoms with E-state index < -0.39 is 0 Å². The molecule has 1 amide bonds. The highest BCUT2D eigenvalue weighted by atomic mass is 16.2. The summed E-state index contributed by atoms with van der Waals surface area (Å²) in [4.78, 5) is 13.6. The summed E-state index contributed by atoms with van der Waals surface area (Å²) in [5, 5.41) is 8.36. The van der Waals surface area contributed by atoms with Crippen molar-refractivity contribution in [2.75, 3.05) is 13.1 Å². The summed E-state index contributed by atoms with van der Waals surface area (Å²) >= 11 is 0. The summed E-state index contributed by atoms with van der Waals surface area (Å²) < 4.78 is 1.92. The van der Waals surface area contributed by atoms with Gasteiger partial charge in [0.25, 0.3) is 0 Å². The average molecular weight is 246 g/mol. The first kappa shape index (κ1) is 11.4. The van der Waals surface area contributed by atoms with Gasteiger partial charge in [0.2, 0.25) is 5.91 Å². The van der Waals surface area contributed by atoms with Gasteiger partial charge in [0, 0.05) is 31.6 Å². The normalized spacial score (nSPS) is 19.7. The summed E-state index contributed by atoms with van der Waals surface area (Å²) in [5.41, 5.74) is 1.12. The van der Waals surface area contributed by atoms with E-state index in [0.29, 0.717) is 18.4 Å². The fourth-order valence-electron chi connectivity index (χ4n) is 2.24. The highest BCUT2D eigenvalue weighted by Crippen LogP contribution is 2.39. The van der Waals surface area contributed by atoms with Gasteiger partial charge in [-0.2, -0.15) is 0 Å². The van der Waals surface area contributed by atoms with Gasteiger partial charge in [0.05, 0.1) is 11.7 Å². The molecule has 0 bridgehead atoms. The number of likely N-dealkylation sites (tertiary alicyclic amines) is 1. The first-order chi connectivity index (χ1) is 8.78. The third kappa shape index (κ3) is 2.17. The molecule has 0 radical (unpaired) electrons. The smallest absolute Gasteiger partial charge is 0.223 e. The SMILES string of the molecule is C=CCCC(=O)N1CC(n2cc(C3CC3)nn2)C1. The van der Waals surface area contributed by atoms with Crippen LogP contribution in [-0.4, -0.2) is 38.9 Å². The van der Waals surface area contributed by atoms with Crippen molar-refractivity contribution in [1.82, 2.24) is 19.9 Å². The van der Waals surface area contributed by atoms with Crippen LogP contribution in [0.2, 0.25) is 0 Å². The molecule has 5 heteroatoms. The maximum atomic E-state index is 11.7. The predicted octanol–water partition coefficient (Wildman–Crippen LogP) is 1.51. The molecule has 1 aliphatic carbocycles. The fraction of sp³-hybridized carbons (Fsp3) is 0.615. The van der Waals surface area contributed by atoms with Crippen LogP contribution in [0.5, 0.6) is 0 Å². The summed E-state index contributed by atoms with van der Waals surface area (Å²) in [6.45, 7) is 5.16. The Hall–Kier alpha value is -1.65. The number of allylic oxidation sites excluding steroid dienone is 1. The Balaban J connectivity index is 1.51. The van der Waals surface area contributed by atoms with Gasteiger partial charge in [-0.3, -0.25) is 4.79 Å². The van der Waals surface area contributed by atoms with E-state index in [2.05, 4.69) is 16.9 Å². The van der Waals surface area contributed by atoms with E-state index in [1.54, 1.807) is 6.08 Å². The molecule has 18 heavy (non-hydrogen) atoms. The number of aromatic nitrogens is 3. The fourth-order valence-corrected chi connectivity index (χ4v) is 2.24. The van der Waals surface area contributed by atoms with Crippen molar-refractivity contribution in [2.45, 2.75) is 37.6 Å². The molecule has 1 aromatic heterocycles. The lowest BCUT2D eigenvalue weighted by Gasteiger charge is -2.38. The molecule has 5 nitrogen and oxygen atoms in total. The second-order valence-electron chi connectivity index (χ2n) is 5.18. The lowest BCUT2D eigenvalue weighted by molar-refractivity contribution is -0.137. The number of carbonyl (C=O) groups excluding carboxylic acids is 1. The monoisotopic (exact) mass is 246 g/mol. The van der Waals surface area contributed by atoms with Gasteiger partial charge >= 0.3 is 0 Å². The third-order valence-electron chi connectivity index (χ3n) is 3.68. The number of nitrogens with zero attached hydrogens (tertiary/aromatic N) is 4. The molecule has 1 saturated heterocycles. The van der Waals surface area contributed by atoms with Crippen LogP contribution in [-0.2, 0) is 4.79 Å². The van der Waals surface area contributed by atoms with E-state index in [9.17, 15) is 4.79 Å². The van der Waals surface area contributed by atoms with Gasteiger partial charge < -0.3 is 4.90 Å². The Labute approximate surface area is 106 Å². The zero-order valence-corrected chi connectivity index (χ0v) is 10.5. The molecule has 0 spiro atoms. The molecule has 96 valence electrons. The van der Waals surface area contributed by atoms with Crippen LogP contribution in [0.4, 0.5) is 0 Å². The molecular formula is C13H18N4O. The maximum absolute atomic E-state index is 11.7. The van der Waals surface area contributed by atoms with Gasteiger partial charge in [0.15, 0.2) is 0 Å². The van der Waals surface area contributed by atoms with Crippen LogP contribution in [0.15, 0.2) is 18.9 Å². The Morgan fingerprint density at radius 3 is 2.94 bits per heavy atom. The van der Waals surface area contributed by atoms with Crippen LogP contribution in [0, 0.1) is 0 Å². The van der Waals surface area contributed by atoms with Crippen molar-refractivity contribution in [1.29, 1.82) is 0 Å². The minimum absolute atomic E-state index is 0.216. The molecule has 2 fully saturated rings. The first-order valence-electron chi connectivity index (χ1n) is 6.58. The average Bonchev–Trinajstić information content (AvgIpc) is 3.05. The second kappa shape index (κ2) is 4.55. The van der Waals surface area contributed by atoms with Gasteiger partial charge in [-0.05, 0) is 19.3 Å². The van der Waals surface area contributed by atoms with E-state index >= 15 is 0 Å². The van der Waals surface area contributed by atoms with Crippen LogP contribution < -0.4 is 0 Å². The maximum Gasteiger partial charge on any atom is 0.223 e. The second-order valence-corrected chi connectivity index (χ2v) is 5.18. The molecule has 2 aliphatic rings. The summed E-state index contributed by atoms with van der Waals surface area (Å²) in [5.74, 6) is 0.859. The Morgan fingerprint density at radius 2 is 2.28 bits per heavy atom. The standard InChI is InChI=1S/C13H18N4O/c1-2-3-4-13(18)16-7-11(8-16)17-9-12(14-15-17)10-5-6-10/h2,9-11H,1,3-8H2. The highest BCUT2D eigenvalue weighted by molar-refractivity contribution is 5.77. The van der Waals surface area contributed by atoms with Crippen molar-refractivity contribution in [2.24, 2.45) is 0 Å². The molecule has 1 aliphatic heterocycles. The van der Waals surface area contributed by atoms with Gasteiger partial charge in [-0.1, -0.05) is 11.3 Å². The lowest BCUT2D eigenvalue weighted by Crippen LogP contribution is -2.50. The Bertz CT molecular complexity index is 457. The lowest BCUT2D eigenvalue weighted by atomic mass is 10.1. The van der Waals surface area contributed by atoms with Crippen LogP contribution >= 0.6 is 0 Å². The molecule has 1 aromatic rings. The topological polar surface area (TPSA) is 51.0 Å². The van der Waals surface area contributed by atoms with Crippen molar-refractivity contribution < 1.29 is 4.79 Å². The van der Waals surface area contributed by atoms with E-state index in [4.69, 9.17) is 0 Å². The van der Waals surface area contributed by atoms with E-state index in [1.807, 2.05) is 15.8 Å². The number of hydrogen-bond acceptors (Lipinski definition) is 3. The Morgan fingerprint density at radius 1 is 1.50 bits per heavy atom. The number of amides is 1. The highest BCUT2D eigenvalue weighted by Gasteiger charge is 2.33. The number of hydrogen-bond donors (Lipinski definition) is 0. The summed E-state index contributed by atoms with van der Waals surface area (Å²) in [6, 6.07) is 0.317. The minimum atomic E-state index is 0.216. The molecule has 3 rings (SSSR count). The number of carbonyl (C=O) groups is 1. The molecule has 0 aromatic carbocycles. The quantitative estimate of drug-likeness (QED) is 0.740. The third-order valence-corrected chi connectivity index (χ3v) is 3.68.